The molecule has 1 aromatic carbocycles. The number of likely N-dealkylation sites (tertiary alicyclic amines) is 1. The number of halogens is 1. The van der Waals surface area contributed by atoms with Crippen LogP contribution >= 0.6 is 11.6 Å². The van der Waals surface area contributed by atoms with Crippen molar-refractivity contribution in [3.05, 3.63) is 34.9 Å². The first-order valence-corrected chi connectivity index (χ1v) is 10.0. The van der Waals surface area contributed by atoms with E-state index < -0.39 is 31.9 Å². The normalized spacial score (nSPS) is 24.1. The SMILES string of the molecule is CC(C)(C(=O)N1CC2(C1)C(C(=O)O)CCS2(=O)=O)c1cccc(Cl)c1. The molecule has 1 unspecified atom stereocenters. The zero-order valence-corrected chi connectivity index (χ0v) is 15.6. The lowest BCUT2D eigenvalue weighted by Crippen LogP contribution is -2.71. The summed E-state index contributed by atoms with van der Waals surface area (Å²) in [5, 5.41) is 9.87. The van der Waals surface area contributed by atoms with Crippen molar-refractivity contribution in [1.29, 1.82) is 0 Å². The van der Waals surface area contributed by atoms with E-state index in [2.05, 4.69) is 0 Å². The molecule has 2 saturated heterocycles. The maximum Gasteiger partial charge on any atom is 0.308 e. The van der Waals surface area contributed by atoms with Gasteiger partial charge in [0.1, 0.15) is 4.75 Å². The van der Waals surface area contributed by atoms with E-state index in [-0.39, 0.29) is 31.2 Å². The highest BCUT2D eigenvalue weighted by molar-refractivity contribution is 7.93. The van der Waals surface area contributed by atoms with Gasteiger partial charge >= 0.3 is 5.97 Å². The number of carboxylic acid groups (broad SMARTS) is 1. The largest absolute Gasteiger partial charge is 0.481 e. The number of sulfone groups is 1. The summed E-state index contributed by atoms with van der Waals surface area (Å²) in [6.07, 6.45) is 0.109. The Morgan fingerprint density at radius 3 is 2.52 bits per heavy atom. The average Bonchev–Trinajstić information content (AvgIpc) is 2.76. The minimum Gasteiger partial charge on any atom is -0.481 e. The van der Waals surface area contributed by atoms with Gasteiger partial charge in [-0.1, -0.05) is 23.7 Å². The van der Waals surface area contributed by atoms with Crippen LogP contribution in [0.5, 0.6) is 0 Å². The van der Waals surface area contributed by atoms with Gasteiger partial charge in [0.15, 0.2) is 9.84 Å². The number of hydrogen-bond donors (Lipinski definition) is 1. The Morgan fingerprint density at radius 1 is 1.32 bits per heavy atom. The van der Waals surface area contributed by atoms with Crippen LogP contribution in [0.1, 0.15) is 25.8 Å². The highest BCUT2D eigenvalue weighted by Crippen LogP contribution is 2.46. The molecule has 1 spiro atoms. The molecular formula is C17H20ClNO5S. The summed E-state index contributed by atoms with van der Waals surface area (Å²) in [6, 6.07) is 6.98. The number of amides is 1. The van der Waals surface area contributed by atoms with Crippen LogP contribution in [0.4, 0.5) is 0 Å². The number of benzene rings is 1. The third-order valence-electron chi connectivity index (χ3n) is 5.51. The van der Waals surface area contributed by atoms with Crippen molar-refractivity contribution >= 4 is 33.3 Å². The summed E-state index contributed by atoms with van der Waals surface area (Å²) < 4.78 is 23.5. The Balaban J connectivity index is 1.84. The smallest absolute Gasteiger partial charge is 0.308 e. The second-order valence-corrected chi connectivity index (χ2v) is 10.2. The van der Waals surface area contributed by atoms with Crippen molar-refractivity contribution in [3.63, 3.8) is 0 Å². The molecular weight excluding hydrogens is 366 g/mol. The number of carboxylic acids is 1. The van der Waals surface area contributed by atoms with E-state index in [1.807, 2.05) is 0 Å². The molecule has 2 heterocycles. The molecule has 2 aliphatic heterocycles. The molecule has 6 nitrogen and oxygen atoms in total. The molecule has 1 aromatic rings. The monoisotopic (exact) mass is 385 g/mol. The fourth-order valence-corrected chi connectivity index (χ4v) is 6.36. The van der Waals surface area contributed by atoms with Crippen molar-refractivity contribution in [1.82, 2.24) is 4.90 Å². The number of carbonyl (C=O) groups is 2. The lowest BCUT2D eigenvalue weighted by molar-refractivity contribution is -0.151. The molecule has 8 heteroatoms. The van der Waals surface area contributed by atoms with Crippen molar-refractivity contribution in [2.45, 2.75) is 30.4 Å². The van der Waals surface area contributed by atoms with E-state index >= 15 is 0 Å². The van der Waals surface area contributed by atoms with E-state index in [9.17, 15) is 23.1 Å². The van der Waals surface area contributed by atoms with E-state index in [1.165, 1.54) is 4.90 Å². The zero-order chi connectivity index (χ0) is 18.6. The van der Waals surface area contributed by atoms with Crippen molar-refractivity contribution in [2.24, 2.45) is 5.92 Å². The Morgan fingerprint density at radius 2 is 1.96 bits per heavy atom. The van der Waals surface area contributed by atoms with E-state index in [1.54, 1.807) is 38.1 Å². The van der Waals surface area contributed by atoms with Gasteiger partial charge in [0, 0.05) is 18.1 Å². The van der Waals surface area contributed by atoms with Gasteiger partial charge in [0.05, 0.1) is 17.1 Å². The van der Waals surface area contributed by atoms with Gasteiger partial charge < -0.3 is 10.0 Å². The number of aliphatic carboxylic acids is 1. The van der Waals surface area contributed by atoms with Gasteiger partial charge in [-0.25, -0.2) is 8.42 Å². The van der Waals surface area contributed by atoms with Crippen molar-refractivity contribution in [2.75, 3.05) is 18.8 Å². The topological polar surface area (TPSA) is 91.8 Å². The van der Waals surface area contributed by atoms with Crippen LogP contribution in [0.15, 0.2) is 24.3 Å². The number of carbonyl (C=O) groups excluding carboxylic acids is 1. The van der Waals surface area contributed by atoms with Gasteiger partial charge in [-0.05, 0) is 38.0 Å². The molecule has 0 bridgehead atoms. The molecule has 0 aromatic heterocycles. The van der Waals surface area contributed by atoms with E-state index in [0.717, 1.165) is 5.56 Å². The molecule has 25 heavy (non-hydrogen) atoms. The first kappa shape index (κ1) is 18.2. The molecule has 1 N–H and O–H groups in total. The third-order valence-corrected chi connectivity index (χ3v) is 8.30. The fraction of sp³-hybridized carbons (Fsp3) is 0.529. The minimum absolute atomic E-state index is 0.0604. The van der Waals surface area contributed by atoms with Crippen molar-refractivity contribution in [3.8, 4) is 0 Å². The standard InChI is InChI=1S/C17H20ClNO5S/c1-16(2,11-4-3-5-12(18)8-11)15(22)19-9-17(10-19)13(14(20)21)6-7-25(17,23)24/h3-5,8,13H,6-7,9-10H2,1-2H3,(H,20,21). The summed E-state index contributed by atoms with van der Waals surface area (Å²) in [4.78, 5) is 25.8. The summed E-state index contributed by atoms with van der Waals surface area (Å²) >= 11 is 6.00. The Bertz CT molecular complexity index is 842. The summed E-state index contributed by atoms with van der Waals surface area (Å²) in [5.74, 6) is -2.42. The summed E-state index contributed by atoms with van der Waals surface area (Å²) in [7, 11) is -3.52. The fourth-order valence-electron chi connectivity index (χ4n) is 3.86. The average molecular weight is 386 g/mol. The zero-order valence-electron chi connectivity index (χ0n) is 14.0. The number of rotatable bonds is 3. The van der Waals surface area contributed by atoms with Crippen LogP contribution in [-0.4, -0.2) is 53.9 Å². The third kappa shape index (κ3) is 2.64. The maximum atomic E-state index is 12.9. The first-order valence-electron chi connectivity index (χ1n) is 8.02. The van der Waals surface area contributed by atoms with Gasteiger partial charge in [-0.2, -0.15) is 0 Å². The van der Waals surface area contributed by atoms with Crippen LogP contribution in [0.3, 0.4) is 0 Å². The summed E-state index contributed by atoms with van der Waals surface area (Å²) in [5.41, 5.74) is -0.150. The molecule has 2 fully saturated rings. The van der Waals surface area contributed by atoms with Crippen LogP contribution in [0.2, 0.25) is 5.02 Å². The lowest BCUT2D eigenvalue weighted by atomic mass is 9.78. The molecule has 0 aliphatic carbocycles. The van der Waals surface area contributed by atoms with Gasteiger partial charge in [0.2, 0.25) is 5.91 Å². The molecule has 3 rings (SSSR count). The van der Waals surface area contributed by atoms with Gasteiger partial charge in [0.25, 0.3) is 0 Å². The molecule has 0 saturated carbocycles. The predicted molar refractivity (Wildman–Crippen MR) is 93.3 cm³/mol. The van der Waals surface area contributed by atoms with Crippen LogP contribution < -0.4 is 0 Å². The molecule has 136 valence electrons. The molecule has 2 aliphatic rings. The van der Waals surface area contributed by atoms with E-state index in [4.69, 9.17) is 11.6 Å². The molecule has 1 atom stereocenters. The Labute approximate surface area is 151 Å². The second kappa shape index (κ2) is 5.71. The Kier molecular flexibility index (Phi) is 4.15. The van der Waals surface area contributed by atoms with Crippen LogP contribution in [-0.2, 0) is 24.8 Å². The quantitative estimate of drug-likeness (QED) is 0.855. The minimum atomic E-state index is -3.52. The lowest BCUT2D eigenvalue weighted by Gasteiger charge is -2.50. The van der Waals surface area contributed by atoms with Crippen molar-refractivity contribution < 1.29 is 23.1 Å². The van der Waals surface area contributed by atoms with Gasteiger partial charge in [-0.15, -0.1) is 0 Å². The highest BCUT2D eigenvalue weighted by atomic mass is 35.5. The summed E-state index contributed by atoms with van der Waals surface area (Å²) in [6.45, 7) is 3.39. The first-order chi connectivity index (χ1) is 11.5. The van der Waals surface area contributed by atoms with Crippen LogP contribution in [0, 0.1) is 5.92 Å². The number of hydrogen-bond acceptors (Lipinski definition) is 4. The van der Waals surface area contributed by atoms with Crippen LogP contribution in [0.25, 0.3) is 0 Å². The highest BCUT2D eigenvalue weighted by Gasteiger charge is 2.65. The van der Waals surface area contributed by atoms with E-state index in [0.29, 0.717) is 5.02 Å². The predicted octanol–water partition coefficient (Wildman–Crippen LogP) is 1.72. The Hall–Kier alpha value is -1.60. The number of nitrogens with zero attached hydrogens (tertiary/aromatic N) is 1. The van der Waals surface area contributed by atoms with Gasteiger partial charge in [-0.3, -0.25) is 9.59 Å². The molecule has 0 radical (unpaired) electrons. The maximum absolute atomic E-state index is 12.9. The second-order valence-electron chi connectivity index (χ2n) is 7.36. The molecule has 1 amide bonds.